The molecule has 0 saturated heterocycles. The van der Waals surface area contributed by atoms with Gasteiger partial charge in [0, 0.05) is 16.5 Å². The molecule has 1 aromatic heterocycles. The highest BCUT2D eigenvalue weighted by Crippen LogP contribution is 2.45. The van der Waals surface area contributed by atoms with Crippen LogP contribution in [0.25, 0.3) is 11.1 Å². The number of hydrogen-bond acceptors (Lipinski definition) is 4. The first-order valence-electron chi connectivity index (χ1n) is 7.92. The van der Waals surface area contributed by atoms with Crippen molar-refractivity contribution in [2.75, 3.05) is 12.4 Å². The largest absolute Gasteiger partial charge is 0.497 e. The maximum absolute atomic E-state index is 15.7. The number of halogens is 1. The summed E-state index contributed by atoms with van der Waals surface area (Å²) >= 11 is 1.20. The standard InChI is InChI=1S/C20H14FNO3S/c1-25-14-9-5-6-12(10-14)15-11-26-18-16(15)17(23)20(21,19(24)22-18)13-7-3-2-4-8-13/h2-11H,1H3,(H,22,24). The molecular weight excluding hydrogens is 353 g/mol. The van der Waals surface area contributed by atoms with Crippen molar-refractivity contribution in [2.45, 2.75) is 5.67 Å². The van der Waals surface area contributed by atoms with E-state index in [1.807, 2.05) is 6.07 Å². The molecule has 1 atom stereocenters. The van der Waals surface area contributed by atoms with Gasteiger partial charge in [-0.3, -0.25) is 9.59 Å². The van der Waals surface area contributed by atoms with E-state index in [0.29, 0.717) is 16.3 Å². The lowest BCUT2D eigenvalue weighted by molar-refractivity contribution is -0.125. The molecule has 0 bridgehead atoms. The number of amides is 1. The highest BCUT2D eigenvalue weighted by Gasteiger charge is 2.53. The Hall–Kier alpha value is -2.99. The molecule has 0 radical (unpaired) electrons. The Bertz CT molecular complexity index is 1010. The molecule has 4 rings (SSSR count). The third-order valence-electron chi connectivity index (χ3n) is 4.42. The zero-order chi connectivity index (χ0) is 18.3. The number of ketones is 1. The lowest BCUT2D eigenvalue weighted by Crippen LogP contribution is -2.47. The average Bonchev–Trinajstić information content (AvgIpc) is 3.10. The summed E-state index contributed by atoms with van der Waals surface area (Å²) in [6.07, 6.45) is 0. The zero-order valence-electron chi connectivity index (χ0n) is 13.8. The molecule has 1 N–H and O–H groups in total. The Labute approximate surface area is 153 Å². The second-order valence-electron chi connectivity index (χ2n) is 5.89. The van der Waals surface area contributed by atoms with Gasteiger partial charge in [-0.05, 0) is 17.7 Å². The first-order valence-corrected chi connectivity index (χ1v) is 8.80. The van der Waals surface area contributed by atoms with E-state index in [-0.39, 0.29) is 11.1 Å². The van der Waals surface area contributed by atoms with Crippen molar-refractivity contribution in [1.29, 1.82) is 0 Å². The van der Waals surface area contributed by atoms with E-state index in [2.05, 4.69) is 5.32 Å². The van der Waals surface area contributed by atoms with Crippen LogP contribution in [-0.4, -0.2) is 18.8 Å². The number of benzene rings is 2. The predicted molar refractivity (Wildman–Crippen MR) is 98.5 cm³/mol. The molecule has 0 fully saturated rings. The van der Waals surface area contributed by atoms with Gasteiger partial charge in [0.25, 0.3) is 11.6 Å². The molecule has 1 unspecified atom stereocenters. The van der Waals surface area contributed by atoms with Crippen LogP contribution in [0.5, 0.6) is 5.75 Å². The van der Waals surface area contributed by atoms with Crippen molar-refractivity contribution >= 4 is 28.0 Å². The molecular formula is C20H14FNO3S. The quantitative estimate of drug-likeness (QED) is 0.697. The van der Waals surface area contributed by atoms with Crippen LogP contribution in [0, 0.1) is 0 Å². The number of rotatable bonds is 3. The van der Waals surface area contributed by atoms with Crippen LogP contribution >= 0.6 is 11.3 Å². The summed E-state index contributed by atoms with van der Waals surface area (Å²) in [6.45, 7) is 0. The lowest BCUT2D eigenvalue weighted by Gasteiger charge is -2.28. The van der Waals surface area contributed by atoms with E-state index in [9.17, 15) is 9.59 Å². The Kier molecular flexibility index (Phi) is 3.85. The summed E-state index contributed by atoms with van der Waals surface area (Å²) in [7, 11) is 1.55. The number of fused-ring (bicyclic) bond motifs is 1. The summed E-state index contributed by atoms with van der Waals surface area (Å²) in [5, 5.41) is 4.66. The number of Topliss-reactive ketones (excluding diaryl/α,β-unsaturated/α-hetero) is 1. The number of carbonyl (C=O) groups excluding carboxylic acids is 2. The van der Waals surface area contributed by atoms with Crippen molar-refractivity contribution in [2.24, 2.45) is 0 Å². The van der Waals surface area contributed by atoms with Gasteiger partial charge >= 0.3 is 0 Å². The highest BCUT2D eigenvalue weighted by atomic mass is 32.1. The van der Waals surface area contributed by atoms with E-state index in [4.69, 9.17) is 4.74 Å². The summed E-state index contributed by atoms with van der Waals surface area (Å²) in [5.41, 5.74) is -1.23. The monoisotopic (exact) mass is 367 g/mol. The van der Waals surface area contributed by atoms with Crippen LogP contribution in [0.2, 0.25) is 0 Å². The normalized spacial score (nSPS) is 19.0. The molecule has 26 heavy (non-hydrogen) atoms. The molecule has 2 heterocycles. The number of nitrogens with one attached hydrogen (secondary N) is 1. The molecule has 1 amide bonds. The third-order valence-corrected chi connectivity index (χ3v) is 5.32. The number of ether oxygens (including phenoxy) is 1. The van der Waals surface area contributed by atoms with Crippen LogP contribution < -0.4 is 10.1 Å². The van der Waals surface area contributed by atoms with Gasteiger partial charge < -0.3 is 10.1 Å². The SMILES string of the molecule is COc1cccc(-c2csc3c2C(=O)C(F)(c2ccccc2)C(=O)N3)c1. The Balaban J connectivity index is 1.88. The third kappa shape index (κ3) is 2.34. The number of alkyl halides is 1. The van der Waals surface area contributed by atoms with Gasteiger partial charge in [-0.1, -0.05) is 42.5 Å². The average molecular weight is 367 g/mol. The van der Waals surface area contributed by atoms with Gasteiger partial charge in [-0.25, -0.2) is 4.39 Å². The molecule has 4 nitrogen and oxygen atoms in total. The van der Waals surface area contributed by atoms with Gasteiger partial charge in [0.1, 0.15) is 10.8 Å². The minimum Gasteiger partial charge on any atom is -0.497 e. The second kappa shape index (κ2) is 6.07. The van der Waals surface area contributed by atoms with Crippen LogP contribution in [0.15, 0.2) is 60.0 Å². The van der Waals surface area contributed by atoms with E-state index in [1.165, 1.54) is 23.5 Å². The van der Waals surface area contributed by atoms with E-state index in [1.54, 1.807) is 48.9 Å². The van der Waals surface area contributed by atoms with E-state index < -0.39 is 17.4 Å². The minimum atomic E-state index is -2.75. The van der Waals surface area contributed by atoms with Gasteiger partial charge in [0.15, 0.2) is 0 Å². The summed E-state index contributed by atoms with van der Waals surface area (Å²) in [5.74, 6) is -1.17. The number of carbonyl (C=O) groups is 2. The van der Waals surface area contributed by atoms with Crippen LogP contribution in [0.3, 0.4) is 0 Å². The Morgan fingerprint density at radius 1 is 1.08 bits per heavy atom. The van der Waals surface area contributed by atoms with Crippen LogP contribution in [-0.2, 0) is 10.5 Å². The second-order valence-corrected chi connectivity index (χ2v) is 6.77. The number of hydrogen-bond donors (Lipinski definition) is 1. The fourth-order valence-corrected chi connectivity index (χ4v) is 4.03. The Morgan fingerprint density at radius 2 is 1.85 bits per heavy atom. The van der Waals surface area contributed by atoms with Crippen molar-refractivity contribution in [3.63, 3.8) is 0 Å². The maximum atomic E-state index is 15.7. The van der Waals surface area contributed by atoms with Crippen molar-refractivity contribution in [1.82, 2.24) is 0 Å². The molecule has 1 aliphatic heterocycles. The lowest BCUT2D eigenvalue weighted by atomic mass is 9.83. The molecule has 3 aromatic rings. The van der Waals surface area contributed by atoms with Crippen LogP contribution in [0.4, 0.5) is 9.39 Å². The Morgan fingerprint density at radius 3 is 2.58 bits per heavy atom. The van der Waals surface area contributed by atoms with Gasteiger partial charge in [-0.15, -0.1) is 11.3 Å². The number of anilines is 1. The van der Waals surface area contributed by atoms with Gasteiger partial charge in [-0.2, -0.15) is 0 Å². The smallest absolute Gasteiger partial charge is 0.275 e. The topological polar surface area (TPSA) is 55.4 Å². The molecule has 2 aromatic carbocycles. The molecule has 130 valence electrons. The van der Waals surface area contributed by atoms with Crippen molar-refractivity contribution < 1.29 is 18.7 Å². The zero-order valence-corrected chi connectivity index (χ0v) is 14.6. The first-order chi connectivity index (χ1) is 12.6. The van der Waals surface area contributed by atoms with E-state index in [0.717, 1.165) is 5.56 Å². The summed E-state index contributed by atoms with van der Waals surface area (Å²) in [4.78, 5) is 25.5. The molecule has 6 heteroatoms. The fraction of sp³-hybridized carbons (Fsp3) is 0.100. The van der Waals surface area contributed by atoms with Gasteiger partial charge in [0.05, 0.1) is 12.7 Å². The van der Waals surface area contributed by atoms with Crippen molar-refractivity contribution in [3.8, 4) is 16.9 Å². The number of methoxy groups -OCH3 is 1. The van der Waals surface area contributed by atoms with Gasteiger partial charge in [0.2, 0.25) is 5.78 Å². The summed E-state index contributed by atoms with van der Waals surface area (Å²) in [6, 6.07) is 15.0. The molecule has 0 spiro atoms. The first kappa shape index (κ1) is 16.5. The minimum absolute atomic E-state index is 0.0240. The molecule has 1 aliphatic rings. The van der Waals surface area contributed by atoms with E-state index >= 15 is 4.39 Å². The fourth-order valence-electron chi connectivity index (χ4n) is 3.07. The van der Waals surface area contributed by atoms with Crippen molar-refractivity contribution in [3.05, 3.63) is 71.1 Å². The van der Waals surface area contributed by atoms with Crippen LogP contribution in [0.1, 0.15) is 15.9 Å². The molecule has 0 saturated carbocycles. The maximum Gasteiger partial charge on any atom is 0.275 e. The molecule has 0 aliphatic carbocycles. The summed E-state index contributed by atoms with van der Waals surface area (Å²) < 4.78 is 20.9. The predicted octanol–water partition coefficient (Wildman–Crippen LogP) is 4.42. The highest BCUT2D eigenvalue weighted by molar-refractivity contribution is 7.15. The number of thiophene rings is 1.